The standard InChI is InChI=1S/C14H21N3OS2/c15-8-12-16-11(9-19-12)13(18)17-6-7-20-14(10-17)4-2-1-3-5-14/h9H,1-8,10,15H2. The molecule has 2 N–H and O–H groups in total. The fourth-order valence-corrected chi connectivity index (χ4v) is 5.40. The van der Waals surface area contributed by atoms with E-state index in [1.807, 2.05) is 10.3 Å². The average Bonchev–Trinajstić information content (AvgIpc) is 2.96. The molecule has 20 heavy (non-hydrogen) atoms. The first-order chi connectivity index (χ1) is 9.72. The van der Waals surface area contributed by atoms with E-state index in [2.05, 4.69) is 16.7 Å². The molecule has 1 aliphatic heterocycles. The van der Waals surface area contributed by atoms with Crippen molar-refractivity contribution in [3.63, 3.8) is 0 Å². The summed E-state index contributed by atoms with van der Waals surface area (Å²) in [7, 11) is 0. The summed E-state index contributed by atoms with van der Waals surface area (Å²) >= 11 is 3.56. The SMILES string of the molecule is NCc1nc(C(=O)N2CCSC3(CCCCC3)C2)cs1. The van der Waals surface area contributed by atoms with Crippen LogP contribution in [0.25, 0.3) is 0 Å². The second-order valence-electron chi connectivity index (χ2n) is 5.65. The molecule has 1 saturated carbocycles. The molecule has 110 valence electrons. The Bertz CT molecular complexity index is 477. The molecule has 0 atom stereocenters. The maximum Gasteiger partial charge on any atom is 0.273 e. The van der Waals surface area contributed by atoms with Gasteiger partial charge >= 0.3 is 0 Å². The maximum absolute atomic E-state index is 12.6. The Morgan fingerprint density at radius 3 is 2.90 bits per heavy atom. The largest absolute Gasteiger partial charge is 0.335 e. The molecule has 6 heteroatoms. The maximum atomic E-state index is 12.6. The zero-order chi connectivity index (χ0) is 14.0. The van der Waals surface area contributed by atoms with Crippen LogP contribution in [-0.2, 0) is 6.54 Å². The summed E-state index contributed by atoms with van der Waals surface area (Å²) in [4.78, 5) is 18.9. The summed E-state index contributed by atoms with van der Waals surface area (Å²) in [5, 5.41) is 2.69. The van der Waals surface area contributed by atoms with E-state index in [0.29, 0.717) is 17.0 Å². The molecule has 1 aliphatic carbocycles. The number of thiazole rings is 1. The highest BCUT2D eigenvalue weighted by Gasteiger charge is 2.39. The summed E-state index contributed by atoms with van der Waals surface area (Å²) in [6, 6.07) is 0. The fourth-order valence-electron chi connectivity index (χ4n) is 3.18. The Morgan fingerprint density at radius 1 is 1.40 bits per heavy atom. The molecule has 0 bridgehead atoms. The molecule has 2 aliphatic rings. The van der Waals surface area contributed by atoms with Crippen molar-refractivity contribution < 1.29 is 4.79 Å². The number of amides is 1. The van der Waals surface area contributed by atoms with Gasteiger partial charge in [-0.1, -0.05) is 19.3 Å². The quantitative estimate of drug-likeness (QED) is 0.911. The third kappa shape index (κ3) is 2.87. The lowest BCUT2D eigenvalue weighted by Crippen LogP contribution is -2.50. The predicted molar refractivity (Wildman–Crippen MR) is 84.2 cm³/mol. The number of nitrogens with zero attached hydrogens (tertiary/aromatic N) is 2. The molecule has 1 aromatic rings. The van der Waals surface area contributed by atoms with Gasteiger partial charge in [0.1, 0.15) is 10.7 Å². The number of carbonyl (C=O) groups excluding carboxylic acids is 1. The fraction of sp³-hybridized carbons (Fsp3) is 0.714. The van der Waals surface area contributed by atoms with Gasteiger partial charge in [-0.15, -0.1) is 11.3 Å². The number of nitrogens with two attached hydrogens (primary N) is 1. The number of rotatable bonds is 2. The van der Waals surface area contributed by atoms with Crippen LogP contribution in [0.3, 0.4) is 0 Å². The third-order valence-electron chi connectivity index (χ3n) is 4.25. The molecule has 1 saturated heterocycles. The Morgan fingerprint density at radius 2 is 2.20 bits per heavy atom. The van der Waals surface area contributed by atoms with Crippen molar-refractivity contribution in [1.82, 2.24) is 9.88 Å². The molecule has 0 unspecified atom stereocenters. The van der Waals surface area contributed by atoms with Gasteiger partial charge in [0.25, 0.3) is 5.91 Å². The lowest BCUT2D eigenvalue weighted by atomic mass is 9.87. The van der Waals surface area contributed by atoms with E-state index in [-0.39, 0.29) is 5.91 Å². The van der Waals surface area contributed by atoms with Gasteiger partial charge < -0.3 is 10.6 Å². The zero-order valence-electron chi connectivity index (χ0n) is 11.6. The highest BCUT2D eigenvalue weighted by Crippen LogP contribution is 2.42. The molecule has 2 fully saturated rings. The highest BCUT2D eigenvalue weighted by molar-refractivity contribution is 8.00. The van der Waals surface area contributed by atoms with E-state index in [0.717, 1.165) is 23.8 Å². The van der Waals surface area contributed by atoms with Gasteiger partial charge in [0.15, 0.2) is 0 Å². The second kappa shape index (κ2) is 6.03. The lowest BCUT2D eigenvalue weighted by molar-refractivity contribution is 0.0725. The van der Waals surface area contributed by atoms with Crippen molar-refractivity contribution in [2.24, 2.45) is 5.73 Å². The van der Waals surface area contributed by atoms with Crippen LogP contribution in [0, 0.1) is 0 Å². The van der Waals surface area contributed by atoms with E-state index in [4.69, 9.17) is 5.73 Å². The Hall–Kier alpha value is -0.590. The van der Waals surface area contributed by atoms with E-state index >= 15 is 0 Å². The normalized spacial score (nSPS) is 22.1. The molecule has 0 radical (unpaired) electrons. The number of carbonyl (C=O) groups is 1. The summed E-state index contributed by atoms with van der Waals surface area (Å²) < 4.78 is 0.318. The van der Waals surface area contributed by atoms with Crippen molar-refractivity contribution in [3.05, 3.63) is 16.1 Å². The molecule has 1 aromatic heterocycles. The van der Waals surface area contributed by atoms with Crippen LogP contribution in [0.15, 0.2) is 5.38 Å². The second-order valence-corrected chi connectivity index (χ2v) is 8.16. The van der Waals surface area contributed by atoms with Crippen LogP contribution < -0.4 is 5.73 Å². The summed E-state index contributed by atoms with van der Waals surface area (Å²) in [6.07, 6.45) is 6.48. The minimum atomic E-state index is 0.0891. The summed E-state index contributed by atoms with van der Waals surface area (Å²) in [5.41, 5.74) is 6.15. The third-order valence-corrected chi connectivity index (χ3v) is 6.65. The van der Waals surface area contributed by atoms with E-state index < -0.39 is 0 Å². The van der Waals surface area contributed by atoms with Gasteiger partial charge in [-0.3, -0.25) is 4.79 Å². The van der Waals surface area contributed by atoms with Crippen molar-refractivity contribution >= 4 is 29.0 Å². The smallest absolute Gasteiger partial charge is 0.273 e. The topological polar surface area (TPSA) is 59.2 Å². The van der Waals surface area contributed by atoms with Crippen LogP contribution >= 0.6 is 23.1 Å². The zero-order valence-corrected chi connectivity index (χ0v) is 13.3. The van der Waals surface area contributed by atoms with Crippen LogP contribution in [-0.4, -0.2) is 39.4 Å². The molecule has 1 spiro atoms. The molecular formula is C14H21N3OS2. The summed E-state index contributed by atoms with van der Waals surface area (Å²) in [5.74, 6) is 1.14. The number of thioether (sulfide) groups is 1. The molecule has 0 aromatic carbocycles. The van der Waals surface area contributed by atoms with Crippen molar-refractivity contribution in [3.8, 4) is 0 Å². The van der Waals surface area contributed by atoms with Gasteiger partial charge in [-0.25, -0.2) is 4.98 Å². The van der Waals surface area contributed by atoms with Crippen LogP contribution in [0.5, 0.6) is 0 Å². The van der Waals surface area contributed by atoms with Crippen LogP contribution in [0.2, 0.25) is 0 Å². The van der Waals surface area contributed by atoms with E-state index in [1.54, 1.807) is 0 Å². The van der Waals surface area contributed by atoms with Gasteiger partial charge in [-0.05, 0) is 12.8 Å². The van der Waals surface area contributed by atoms with Gasteiger partial charge in [0.2, 0.25) is 0 Å². The predicted octanol–water partition coefficient (Wildman–Crippen LogP) is 2.49. The molecule has 4 nitrogen and oxygen atoms in total. The van der Waals surface area contributed by atoms with E-state index in [1.165, 1.54) is 43.4 Å². The van der Waals surface area contributed by atoms with Crippen molar-refractivity contribution in [2.45, 2.75) is 43.4 Å². The molecule has 1 amide bonds. The molecule has 3 rings (SSSR count). The Labute approximate surface area is 128 Å². The average molecular weight is 311 g/mol. The number of aromatic nitrogens is 1. The van der Waals surface area contributed by atoms with Crippen LogP contribution in [0.4, 0.5) is 0 Å². The highest BCUT2D eigenvalue weighted by atomic mass is 32.2. The van der Waals surface area contributed by atoms with E-state index in [9.17, 15) is 4.79 Å². The van der Waals surface area contributed by atoms with Crippen molar-refractivity contribution in [2.75, 3.05) is 18.8 Å². The first kappa shape index (κ1) is 14.4. The first-order valence-corrected chi connectivity index (χ1v) is 9.17. The Balaban J connectivity index is 1.71. The molecule has 2 heterocycles. The lowest BCUT2D eigenvalue weighted by Gasteiger charge is -2.44. The summed E-state index contributed by atoms with van der Waals surface area (Å²) in [6.45, 7) is 2.16. The van der Waals surface area contributed by atoms with Gasteiger partial charge in [-0.2, -0.15) is 11.8 Å². The Kier molecular flexibility index (Phi) is 4.33. The minimum Gasteiger partial charge on any atom is -0.335 e. The van der Waals surface area contributed by atoms with Gasteiger partial charge in [0.05, 0.1) is 0 Å². The van der Waals surface area contributed by atoms with Gasteiger partial charge in [0, 0.05) is 35.5 Å². The van der Waals surface area contributed by atoms with Crippen molar-refractivity contribution in [1.29, 1.82) is 0 Å². The number of hydrogen-bond acceptors (Lipinski definition) is 5. The van der Waals surface area contributed by atoms with Crippen LogP contribution in [0.1, 0.15) is 47.6 Å². The number of hydrogen-bond donors (Lipinski definition) is 1. The first-order valence-electron chi connectivity index (χ1n) is 7.30. The minimum absolute atomic E-state index is 0.0891. The monoisotopic (exact) mass is 311 g/mol. The molecular weight excluding hydrogens is 290 g/mol.